The summed E-state index contributed by atoms with van der Waals surface area (Å²) in [5.41, 5.74) is 1.74. The molecular formula is C21H28N4O3S. The number of urea groups is 1. The monoisotopic (exact) mass is 416 g/mol. The minimum Gasteiger partial charge on any atom is -0.368 e. The summed E-state index contributed by atoms with van der Waals surface area (Å²) in [6, 6.07) is 16.2. The maximum absolute atomic E-state index is 12.6. The van der Waals surface area contributed by atoms with Crippen LogP contribution in [0.15, 0.2) is 59.5 Å². The first-order valence-electron chi connectivity index (χ1n) is 9.73. The predicted octanol–water partition coefficient (Wildman–Crippen LogP) is 3.07. The molecule has 0 bridgehead atoms. The van der Waals surface area contributed by atoms with E-state index in [1.54, 1.807) is 24.1 Å². The Morgan fingerprint density at radius 3 is 2.10 bits per heavy atom. The van der Waals surface area contributed by atoms with Crippen molar-refractivity contribution in [2.75, 3.05) is 43.4 Å². The molecule has 2 aromatic carbocycles. The molecule has 2 aromatic rings. The van der Waals surface area contributed by atoms with E-state index < -0.39 is 10.0 Å². The van der Waals surface area contributed by atoms with Crippen LogP contribution in [0.2, 0.25) is 0 Å². The molecule has 1 aliphatic rings. The normalized spacial score (nSPS) is 15.1. The molecule has 2 amide bonds. The number of amides is 2. The Labute approximate surface area is 173 Å². The van der Waals surface area contributed by atoms with Gasteiger partial charge in [-0.25, -0.2) is 13.2 Å². The number of anilines is 2. The van der Waals surface area contributed by atoms with Crippen molar-refractivity contribution < 1.29 is 13.2 Å². The van der Waals surface area contributed by atoms with Gasteiger partial charge in [-0.2, -0.15) is 4.31 Å². The second-order valence-electron chi connectivity index (χ2n) is 7.38. The number of piperazine rings is 1. The molecule has 1 aliphatic heterocycles. The van der Waals surface area contributed by atoms with E-state index in [1.165, 1.54) is 16.4 Å². The van der Waals surface area contributed by atoms with Gasteiger partial charge in [-0.3, -0.25) is 0 Å². The van der Waals surface area contributed by atoms with Gasteiger partial charge in [-0.05, 0) is 50.2 Å². The van der Waals surface area contributed by atoms with Crippen LogP contribution in [-0.4, -0.2) is 62.9 Å². The summed E-state index contributed by atoms with van der Waals surface area (Å²) in [4.78, 5) is 16.8. The summed E-state index contributed by atoms with van der Waals surface area (Å²) in [7, 11) is -1.97. The zero-order valence-electron chi connectivity index (χ0n) is 17.1. The molecule has 1 saturated heterocycles. The van der Waals surface area contributed by atoms with Crippen LogP contribution in [0.4, 0.5) is 16.2 Å². The Hall–Kier alpha value is -2.58. The third-order valence-electron chi connectivity index (χ3n) is 5.20. The van der Waals surface area contributed by atoms with E-state index in [0.29, 0.717) is 18.8 Å². The number of benzene rings is 2. The van der Waals surface area contributed by atoms with Crippen LogP contribution in [0.5, 0.6) is 0 Å². The Kier molecular flexibility index (Phi) is 6.44. The van der Waals surface area contributed by atoms with Gasteiger partial charge < -0.3 is 15.1 Å². The Morgan fingerprint density at radius 2 is 1.55 bits per heavy atom. The quantitative estimate of drug-likeness (QED) is 0.813. The van der Waals surface area contributed by atoms with Gasteiger partial charge in [-0.15, -0.1) is 0 Å². The van der Waals surface area contributed by atoms with E-state index in [1.807, 2.05) is 32.0 Å². The number of rotatable bonds is 5. The van der Waals surface area contributed by atoms with Gasteiger partial charge in [0.05, 0.1) is 4.90 Å². The molecular weight excluding hydrogens is 388 g/mol. The van der Waals surface area contributed by atoms with Gasteiger partial charge >= 0.3 is 6.03 Å². The Bertz CT molecular complexity index is 922. The largest absolute Gasteiger partial charge is 0.368 e. The molecule has 1 heterocycles. The zero-order chi connectivity index (χ0) is 21.0. The number of para-hydroxylation sites is 1. The minimum atomic E-state index is -3.53. The maximum atomic E-state index is 12.6. The zero-order valence-corrected chi connectivity index (χ0v) is 17.9. The van der Waals surface area contributed by atoms with Crippen LogP contribution < -0.4 is 10.2 Å². The number of carbonyl (C=O) groups excluding carboxylic acids is 1. The molecule has 0 atom stereocenters. The van der Waals surface area contributed by atoms with E-state index in [0.717, 1.165) is 18.8 Å². The lowest BCUT2D eigenvalue weighted by atomic mass is 10.2. The summed E-state index contributed by atoms with van der Waals surface area (Å²) in [5, 5.41) is 2.86. The number of carbonyl (C=O) groups is 1. The molecule has 29 heavy (non-hydrogen) atoms. The van der Waals surface area contributed by atoms with Crippen molar-refractivity contribution >= 4 is 27.4 Å². The molecule has 7 nitrogen and oxygen atoms in total. The smallest absolute Gasteiger partial charge is 0.321 e. The Morgan fingerprint density at radius 1 is 0.966 bits per heavy atom. The lowest BCUT2D eigenvalue weighted by molar-refractivity contribution is 0.208. The van der Waals surface area contributed by atoms with Crippen LogP contribution in [0, 0.1) is 0 Å². The number of hydrogen-bond donors (Lipinski definition) is 1. The summed E-state index contributed by atoms with van der Waals surface area (Å²) in [6.45, 7) is 6.46. The summed E-state index contributed by atoms with van der Waals surface area (Å²) in [5.74, 6) is 0. The van der Waals surface area contributed by atoms with Crippen molar-refractivity contribution in [1.82, 2.24) is 9.21 Å². The minimum absolute atomic E-state index is 0.131. The van der Waals surface area contributed by atoms with Gasteiger partial charge in [0.15, 0.2) is 0 Å². The van der Waals surface area contributed by atoms with Gasteiger partial charge in [0.1, 0.15) is 0 Å². The molecule has 0 aliphatic carbocycles. The molecule has 0 aromatic heterocycles. The van der Waals surface area contributed by atoms with Crippen molar-refractivity contribution in [3.63, 3.8) is 0 Å². The average molecular weight is 417 g/mol. The van der Waals surface area contributed by atoms with Gasteiger partial charge in [0.2, 0.25) is 10.0 Å². The molecule has 3 rings (SSSR count). The number of hydrogen-bond acceptors (Lipinski definition) is 4. The van der Waals surface area contributed by atoms with Crippen molar-refractivity contribution in [2.24, 2.45) is 0 Å². The third kappa shape index (κ3) is 4.89. The highest BCUT2D eigenvalue weighted by atomic mass is 32.2. The standard InChI is InChI=1S/C21H28N4O3S/c1-17(2)23(3)29(27,28)20-11-9-18(10-12-20)22-21(26)25-15-13-24(14-16-25)19-7-5-4-6-8-19/h4-12,17H,13-16H2,1-3H3,(H,22,26). The van der Waals surface area contributed by atoms with Gasteiger partial charge in [-0.1, -0.05) is 18.2 Å². The summed E-state index contributed by atoms with van der Waals surface area (Å²) < 4.78 is 26.4. The molecule has 1 N–H and O–H groups in total. The van der Waals surface area contributed by atoms with Crippen LogP contribution in [0.1, 0.15) is 13.8 Å². The lowest BCUT2D eigenvalue weighted by Gasteiger charge is -2.36. The Balaban J connectivity index is 1.58. The highest BCUT2D eigenvalue weighted by Crippen LogP contribution is 2.20. The van der Waals surface area contributed by atoms with Crippen LogP contribution in [0.25, 0.3) is 0 Å². The molecule has 1 fully saturated rings. The second kappa shape index (κ2) is 8.84. The molecule has 8 heteroatoms. The summed E-state index contributed by atoms with van der Waals surface area (Å²) in [6.07, 6.45) is 0. The van der Waals surface area contributed by atoms with E-state index in [4.69, 9.17) is 0 Å². The molecule has 156 valence electrons. The van der Waals surface area contributed by atoms with Crippen LogP contribution in [-0.2, 0) is 10.0 Å². The molecule has 0 spiro atoms. The number of nitrogens with one attached hydrogen (secondary N) is 1. The van der Waals surface area contributed by atoms with Crippen LogP contribution >= 0.6 is 0 Å². The SMILES string of the molecule is CC(C)N(C)S(=O)(=O)c1ccc(NC(=O)N2CCN(c3ccccc3)CC2)cc1. The van der Waals surface area contributed by atoms with E-state index in [-0.39, 0.29) is 17.0 Å². The van der Waals surface area contributed by atoms with E-state index >= 15 is 0 Å². The molecule has 0 radical (unpaired) electrons. The maximum Gasteiger partial charge on any atom is 0.321 e. The first kappa shape index (κ1) is 21.1. The predicted molar refractivity (Wildman–Crippen MR) is 116 cm³/mol. The molecule has 0 saturated carbocycles. The van der Waals surface area contributed by atoms with Crippen molar-refractivity contribution in [3.05, 3.63) is 54.6 Å². The first-order chi connectivity index (χ1) is 13.8. The lowest BCUT2D eigenvalue weighted by Crippen LogP contribution is -2.50. The van der Waals surface area contributed by atoms with Crippen molar-refractivity contribution in [3.8, 4) is 0 Å². The topological polar surface area (TPSA) is 73.0 Å². The number of nitrogens with zero attached hydrogens (tertiary/aromatic N) is 3. The molecule has 0 unspecified atom stereocenters. The summed E-state index contributed by atoms with van der Waals surface area (Å²) >= 11 is 0. The van der Waals surface area contributed by atoms with Gasteiger partial charge in [0.25, 0.3) is 0 Å². The number of sulfonamides is 1. The van der Waals surface area contributed by atoms with Crippen molar-refractivity contribution in [1.29, 1.82) is 0 Å². The third-order valence-corrected chi connectivity index (χ3v) is 7.25. The fourth-order valence-electron chi connectivity index (χ4n) is 3.16. The highest BCUT2D eigenvalue weighted by molar-refractivity contribution is 7.89. The fourth-order valence-corrected chi connectivity index (χ4v) is 4.53. The van der Waals surface area contributed by atoms with E-state index in [9.17, 15) is 13.2 Å². The average Bonchev–Trinajstić information content (AvgIpc) is 2.74. The second-order valence-corrected chi connectivity index (χ2v) is 9.38. The van der Waals surface area contributed by atoms with E-state index in [2.05, 4.69) is 22.3 Å². The van der Waals surface area contributed by atoms with Gasteiger partial charge in [0, 0.05) is 50.6 Å². The van der Waals surface area contributed by atoms with Crippen molar-refractivity contribution in [2.45, 2.75) is 24.8 Å². The van der Waals surface area contributed by atoms with Crippen LogP contribution in [0.3, 0.4) is 0 Å². The fraction of sp³-hybridized carbons (Fsp3) is 0.381. The highest BCUT2D eigenvalue weighted by Gasteiger charge is 2.24. The first-order valence-corrected chi connectivity index (χ1v) is 11.2.